The van der Waals surface area contributed by atoms with Crippen LogP contribution in [-0.4, -0.2) is 7.11 Å². The third-order valence-electron chi connectivity index (χ3n) is 6.67. The smallest absolute Gasteiger partial charge is 0.416 e. The van der Waals surface area contributed by atoms with Crippen LogP contribution in [0.25, 0.3) is 0 Å². The van der Waals surface area contributed by atoms with Crippen molar-refractivity contribution in [2.24, 2.45) is 5.92 Å². The first kappa shape index (κ1) is 25.3. The van der Waals surface area contributed by atoms with E-state index in [2.05, 4.69) is 21.2 Å². The molecule has 1 N–H and O–H groups in total. The standard InChI is InChI=1S/C27H21BrCl2F3NO2/c1-35-24-11-15(10-20(28)26(24)36-13-14-5-7-21(29)22(30)9-14)25-18-4-2-3-17(18)19-12-16(27(31,32)33)6-8-23(19)34-25/h2-3,5-12,17-18,25,34H,4,13H2,1H3/t17-,18-,25+/m1/s1. The quantitative estimate of drug-likeness (QED) is 0.297. The van der Waals surface area contributed by atoms with Gasteiger partial charge < -0.3 is 14.8 Å². The van der Waals surface area contributed by atoms with Crippen LogP contribution >= 0.6 is 39.1 Å². The zero-order valence-electron chi connectivity index (χ0n) is 19.0. The van der Waals surface area contributed by atoms with Gasteiger partial charge in [-0.2, -0.15) is 13.2 Å². The summed E-state index contributed by atoms with van der Waals surface area (Å²) in [5, 5.41) is 4.40. The molecule has 0 saturated carbocycles. The molecule has 0 aromatic heterocycles. The Labute approximate surface area is 225 Å². The number of anilines is 1. The van der Waals surface area contributed by atoms with Crippen molar-refractivity contribution in [2.45, 2.75) is 31.2 Å². The molecule has 1 heterocycles. The first-order chi connectivity index (χ1) is 17.2. The van der Waals surface area contributed by atoms with Crippen LogP contribution in [0.15, 0.2) is 65.2 Å². The largest absolute Gasteiger partial charge is 0.493 e. The summed E-state index contributed by atoms with van der Waals surface area (Å²) < 4.78 is 52.4. The van der Waals surface area contributed by atoms with Crippen molar-refractivity contribution in [1.29, 1.82) is 0 Å². The van der Waals surface area contributed by atoms with Crippen LogP contribution in [0, 0.1) is 5.92 Å². The molecule has 36 heavy (non-hydrogen) atoms. The van der Waals surface area contributed by atoms with Crippen molar-refractivity contribution >= 4 is 44.8 Å². The van der Waals surface area contributed by atoms with E-state index in [0.717, 1.165) is 23.6 Å². The summed E-state index contributed by atoms with van der Waals surface area (Å²) in [6, 6.07) is 13.0. The molecule has 0 unspecified atom stereocenters. The molecule has 0 saturated heterocycles. The number of fused-ring (bicyclic) bond motifs is 3. The monoisotopic (exact) mass is 597 g/mol. The van der Waals surface area contributed by atoms with Crippen molar-refractivity contribution in [3.8, 4) is 11.5 Å². The second-order valence-corrected chi connectivity index (χ2v) is 10.5. The van der Waals surface area contributed by atoms with E-state index in [1.807, 2.05) is 30.4 Å². The fourth-order valence-electron chi connectivity index (χ4n) is 4.95. The van der Waals surface area contributed by atoms with E-state index in [0.29, 0.717) is 37.3 Å². The number of hydrogen-bond acceptors (Lipinski definition) is 3. The lowest BCUT2D eigenvalue weighted by molar-refractivity contribution is -0.137. The molecule has 0 amide bonds. The fraction of sp³-hybridized carbons (Fsp3) is 0.259. The summed E-state index contributed by atoms with van der Waals surface area (Å²) in [5.74, 6) is 1.05. The van der Waals surface area contributed by atoms with E-state index in [-0.39, 0.29) is 24.5 Å². The van der Waals surface area contributed by atoms with Crippen molar-refractivity contribution in [2.75, 3.05) is 12.4 Å². The SMILES string of the molecule is COc1cc([C@@H]2Nc3ccc(C(F)(F)F)cc3[C@@H]3C=CC[C@H]32)cc(Br)c1OCc1ccc(Cl)c(Cl)c1. The molecule has 9 heteroatoms. The number of nitrogens with one attached hydrogen (secondary N) is 1. The van der Waals surface area contributed by atoms with E-state index in [1.54, 1.807) is 19.2 Å². The Hall–Kier alpha value is -2.35. The van der Waals surface area contributed by atoms with E-state index in [9.17, 15) is 13.2 Å². The van der Waals surface area contributed by atoms with Gasteiger partial charge in [-0.3, -0.25) is 0 Å². The molecule has 188 valence electrons. The summed E-state index contributed by atoms with van der Waals surface area (Å²) in [7, 11) is 1.57. The second kappa shape index (κ2) is 9.84. The number of rotatable bonds is 5. The normalized spacial score (nSPS) is 20.5. The maximum Gasteiger partial charge on any atom is 0.416 e. The Bertz CT molecular complexity index is 1350. The van der Waals surface area contributed by atoms with Gasteiger partial charge >= 0.3 is 6.18 Å². The van der Waals surface area contributed by atoms with Crippen molar-refractivity contribution < 1.29 is 22.6 Å². The third-order valence-corrected chi connectivity index (χ3v) is 8.00. The number of hydrogen-bond donors (Lipinski definition) is 1. The van der Waals surface area contributed by atoms with Gasteiger partial charge in [-0.25, -0.2) is 0 Å². The van der Waals surface area contributed by atoms with Crippen LogP contribution in [0.2, 0.25) is 10.0 Å². The Balaban J connectivity index is 1.44. The van der Waals surface area contributed by atoms with Crippen LogP contribution in [0.4, 0.5) is 18.9 Å². The van der Waals surface area contributed by atoms with E-state index < -0.39 is 11.7 Å². The minimum atomic E-state index is -4.38. The summed E-state index contributed by atoms with van der Waals surface area (Å²) in [6.45, 7) is 0.260. The molecule has 1 aliphatic heterocycles. The lowest BCUT2D eigenvalue weighted by Crippen LogP contribution is -2.29. The first-order valence-electron chi connectivity index (χ1n) is 11.2. The van der Waals surface area contributed by atoms with Gasteiger partial charge in [0.05, 0.1) is 33.2 Å². The Morgan fingerprint density at radius 2 is 1.86 bits per heavy atom. The van der Waals surface area contributed by atoms with Gasteiger partial charge in [0.25, 0.3) is 0 Å². The average Bonchev–Trinajstić information content (AvgIpc) is 3.34. The van der Waals surface area contributed by atoms with E-state index >= 15 is 0 Å². The maximum atomic E-state index is 13.3. The molecule has 0 spiro atoms. The number of alkyl halides is 3. The molecule has 3 aromatic carbocycles. The van der Waals surface area contributed by atoms with Gasteiger partial charge in [-0.1, -0.05) is 41.4 Å². The molecule has 3 nitrogen and oxygen atoms in total. The van der Waals surface area contributed by atoms with Crippen LogP contribution < -0.4 is 14.8 Å². The molecule has 0 fully saturated rings. The van der Waals surface area contributed by atoms with Crippen LogP contribution in [0.1, 0.15) is 40.6 Å². The van der Waals surface area contributed by atoms with Crippen LogP contribution in [-0.2, 0) is 12.8 Å². The first-order valence-corrected chi connectivity index (χ1v) is 12.8. The molecule has 2 aliphatic rings. The molecule has 0 radical (unpaired) electrons. The number of ether oxygens (including phenoxy) is 2. The second-order valence-electron chi connectivity index (χ2n) is 8.85. The molecular weight excluding hydrogens is 578 g/mol. The van der Waals surface area contributed by atoms with Crippen molar-refractivity contribution in [3.63, 3.8) is 0 Å². The molecule has 1 aliphatic carbocycles. The van der Waals surface area contributed by atoms with Crippen LogP contribution in [0.5, 0.6) is 11.5 Å². The summed E-state index contributed by atoms with van der Waals surface area (Å²) >= 11 is 15.7. The Morgan fingerprint density at radius 1 is 1.06 bits per heavy atom. The summed E-state index contributed by atoms with van der Waals surface area (Å²) in [6.07, 6.45) is 0.432. The number of halogens is 6. The predicted molar refractivity (Wildman–Crippen MR) is 139 cm³/mol. The molecular formula is C27H21BrCl2F3NO2. The minimum Gasteiger partial charge on any atom is -0.493 e. The molecule has 3 atom stereocenters. The van der Waals surface area contributed by atoms with Gasteiger partial charge in [0.15, 0.2) is 11.5 Å². The zero-order valence-corrected chi connectivity index (χ0v) is 22.1. The van der Waals surface area contributed by atoms with Gasteiger partial charge in [0, 0.05) is 11.6 Å². The fourth-order valence-corrected chi connectivity index (χ4v) is 5.84. The highest BCUT2D eigenvalue weighted by Gasteiger charge is 2.40. The zero-order chi connectivity index (χ0) is 25.6. The molecule has 3 aromatic rings. The minimum absolute atomic E-state index is 0.0700. The Morgan fingerprint density at radius 3 is 2.58 bits per heavy atom. The molecule has 5 rings (SSSR count). The lowest BCUT2D eigenvalue weighted by atomic mass is 9.76. The third kappa shape index (κ3) is 4.81. The summed E-state index contributed by atoms with van der Waals surface area (Å²) in [5.41, 5.74) is 2.55. The highest BCUT2D eigenvalue weighted by Crippen LogP contribution is 2.52. The van der Waals surface area contributed by atoms with E-state index in [4.69, 9.17) is 32.7 Å². The Kier molecular flexibility index (Phi) is 6.92. The van der Waals surface area contributed by atoms with Gasteiger partial charge in [0.1, 0.15) is 6.61 Å². The van der Waals surface area contributed by atoms with Crippen LogP contribution in [0.3, 0.4) is 0 Å². The van der Waals surface area contributed by atoms with Gasteiger partial charge in [-0.15, -0.1) is 0 Å². The van der Waals surface area contributed by atoms with E-state index in [1.165, 1.54) is 12.1 Å². The van der Waals surface area contributed by atoms with Crippen molar-refractivity contribution in [3.05, 3.63) is 97.5 Å². The average molecular weight is 599 g/mol. The van der Waals surface area contributed by atoms with Crippen molar-refractivity contribution in [1.82, 2.24) is 0 Å². The maximum absolute atomic E-state index is 13.3. The predicted octanol–water partition coefficient (Wildman–Crippen LogP) is 9.19. The highest BCUT2D eigenvalue weighted by molar-refractivity contribution is 9.10. The topological polar surface area (TPSA) is 30.5 Å². The summed E-state index contributed by atoms with van der Waals surface area (Å²) in [4.78, 5) is 0. The lowest BCUT2D eigenvalue weighted by Gasteiger charge is -2.38. The number of benzene rings is 3. The highest BCUT2D eigenvalue weighted by atomic mass is 79.9. The molecule has 0 bridgehead atoms. The number of methoxy groups -OCH3 is 1. The van der Waals surface area contributed by atoms with Gasteiger partial charge in [0.2, 0.25) is 0 Å². The number of allylic oxidation sites excluding steroid dienone is 2. The van der Waals surface area contributed by atoms with Gasteiger partial charge in [-0.05, 0) is 87.4 Å².